The van der Waals surface area contributed by atoms with E-state index in [4.69, 9.17) is 10.5 Å². The zero-order chi connectivity index (χ0) is 18.8. The fourth-order valence-corrected chi connectivity index (χ4v) is 3.52. The van der Waals surface area contributed by atoms with Crippen LogP contribution in [0.5, 0.6) is 0 Å². The Kier molecular flexibility index (Phi) is 5.36. The second-order valence-corrected chi connectivity index (χ2v) is 7.75. The van der Waals surface area contributed by atoms with E-state index in [0.717, 1.165) is 32.9 Å². The summed E-state index contributed by atoms with van der Waals surface area (Å²) in [5.74, 6) is -0.152. The molecule has 1 aromatic heterocycles. The molecule has 0 bridgehead atoms. The maximum absolute atomic E-state index is 12.1. The van der Waals surface area contributed by atoms with Gasteiger partial charge >= 0.3 is 6.09 Å². The van der Waals surface area contributed by atoms with Gasteiger partial charge in [-0.2, -0.15) is 0 Å². The second kappa shape index (κ2) is 7.53. The fraction of sp³-hybridized carbons (Fsp3) is 0.368. The topological polar surface area (TPSA) is 88.4 Å². The van der Waals surface area contributed by atoms with Crippen LogP contribution >= 0.6 is 15.9 Å². The molecular weight excluding hydrogens is 398 g/mol. The van der Waals surface area contributed by atoms with Gasteiger partial charge in [0.1, 0.15) is 0 Å². The number of nitrogens with one attached hydrogen (secondary N) is 1. The highest BCUT2D eigenvalue weighted by molar-refractivity contribution is 9.10. The molecular formula is C19H22BrN3O3. The highest BCUT2D eigenvalue weighted by Gasteiger charge is 2.21. The number of aromatic amines is 1. The number of benzene rings is 1. The van der Waals surface area contributed by atoms with Gasteiger partial charge in [0.05, 0.1) is 17.7 Å². The van der Waals surface area contributed by atoms with Crippen LogP contribution in [0.25, 0.3) is 16.5 Å². The van der Waals surface area contributed by atoms with Gasteiger partial charge in [0.2, 0.25) is 0 Å². The van der Waals surface area contributed by atoms with Crippen LogP contribution in [-0.2, 0) is 4.74 Å². The first-order valence-corrected chi connectivity index (χ1v) is 9.37. The number of nitrogens with two attached hydrogens (primary N) is 1. The highest BCUT2D eigenvalue weighted by Crippen LogP contribution is 2.33. The lowest BCUT2D eigenvalue weighted by molar-refractivity contribution is 0.0953. The number of hydrogen-bond acceptors (Lipinski definition) is 3. The van der Waals surface area contributed by atoms with E-state index < -0.39 is 5.91 Å². The lowest BCUT2D eigenvalue weighted by atomic mass is 9.98. The van der Waals surface area contributed by atoms with Crippen LogP contribution in [-0.4, -0.2) is 41.6 Å². The number of carbonyl (C=O) groups is 2. The van der Waals surface area contributed by atoms with Crippen molar-refractivity contribution in [1.82, 2.24) is 9.88 Å². The van der Waals surface area contributed by atoms with Crippen LogP contribution in [0.1, 0.15) is 36.2 Å². The van der Waals surface area contributed by atoms with Crippen molar-refractivity contribution in [2.75, 3.05) is 19.7 Å². The minimum absolute atomic E-state index is 0.272. The maximum Gasteiger partial charge on any atom is 0.410 e. The van der Waals surface area contributed by atoms with Gasteiger partial charge in [-0.25, -0.2) is 4.79 Å². The normalized spacial score (nSPS) is 14.6. The largest absolute Gasteiger partial charge is 0.449 e. The molecule has 2 amide bonds. The Balaban J connectivity index is 1.83. The standard InChI is InChI=1S/C19H22BrN3O3/c1-11(2)10-26-19(25)23-5-3-12(4-6-23)16-9-22-17-14(16)7-13(20)8-15(17)18(21)24/h3,7-9,11,22H,4-6,10H2,1-2H3,(H2,21,24). The Labute approximate surface area is 160 Å². The molecule has 3 rings (SSSR count). The van der Waals surface area contributed by atoms with Gasteiger partial charge in [-0.1, -0.05) is 35.9 Å². The SMILES string of the molecule is CC(C)COC(=O)N1CC=C(c2c[nH]c3c(C(N)=O)cc(Br)cc23)CC1. The molecule has 0 aliphatic carbocycles. The minimum atomic E-state index is -0.471. The smallest absolute Gasteiger partial charge is 0.410 e. The number of nitrogens with zero attached hydrogens (tertiary/aromatic N) is 1. The number of carbonyl (C=O) groups excluding carboxylic acids is 2. The number of rotatable bonds is 4. The third-order valence-corrected chi connectivity index (χ3v) is 4.83. The fourth-order valence-electron chi connectivity index (χ4n) is 3.07. The van der Waals surface area contributed by atoms with E-state index >= 15 is 0 Å². The molecule has 3 N–H and O–H groups in total. The number of fused-ring (bicyclic) bond motifs is 1. The van der Waals surface area contributed by atoms with Crippen LogP contribution in [0.3, 0.4) is 0 Å². The van der Waals surface area contributed by atoms with Gasteiger partial charge in [0.15, 0.2) is 0 Å². The van der Waals surface area contributed by atoms with E-state index in [1.165, 1.54) is 0 Å². The quantitative estimate of drug-likeness (QED) is 0.786. The molecule has 2 aromatic rings. The van der Waals surface area contributed by atoms with Crippen molar-refractivity contribution in [1.29, 1.82) is 0 Å². The second-order valence-electron chi connectivity index (χ2n) is 6.84. The first-order valence-electron chi connectivity index (χ1n) is 8.58. The highest BCUT2D eigenvalue weighted by atomic mass is 79.9. The summed E-state index contributed by atoms with van der Waals surface area (Å²) in [6, 6.07) is 3.68. The van der Waals surface area contributed by atoms with Gasteiger partial charge in [-0.15, -0.1) is 0 Å². The first-order chi connectivity index (χ1) is 12.4. The Bertz CT molecular complexity index is 886. The van der Waals surface area contributed by atoms with E-state index in [2.05, 4.69) is 20.9 Å². The lowest BCUT2D eigenvalue weighted by Crippen LogP contribution is -2.35. The van der Waals surface area contributed by atoms with Crippen molar-refractivity contribution in [2.24, 2.45) is 11.7 Å². The number of halogens is 1. The monoisotopic (exact) mass is 419 g/mol. The van der Waals surface area contributed by atoms with Gasteiger partial charge in [-0.3, -0.25) is 4.79 Å². The van der Waals surface area contributed by atoms with Crippen molar-refractivity contribution in [3.05, 3.63) is 40.0 Å². The zero-order valence-corrected chi connectivity index (χ0v) is 16.4. The number of H-pyrrole nitrogens is 1. The van der Waals surface area contributed by atoms with Gasteiger partial charge in [0.25, 0.3) is 5.91 Å². The third kappa shape index (κ3) is 3.77. The van der Waals surface area contributed by atoms with Crippen LogP contribution in [0.4, 0.5) is 4.79 Å². The predicted molar refractivity (Wildman–Crippen MR) is 105 cm³/mol. The molecule has 138 valence electrons. The number of primary amides is 1. The average Bonchev–Trinajstić information content (AvgIpc) is 3.02. The molecule has 0 fully saturated rings. The summed E-state index contributed by atoms with van der Waals surface area (Å²) < 4.78 is 6.09. The van der Waals surface area contributed by atoms with Crippen LogP contribution in [0.2, 0.25) is 0 Å². The molecule has 7 heteroatoms. The molecule has 0 unspecified atom stereocenters. The molecule has 1 aliphatic rings. The molecule has 0 atom stereocenters. The van der Waals surface area contributed by atoms with Crippen LogP contribution < -0.4 is 5.73 Å². The summed E-state index contributed by atoms with van der Waals surface area (Å²) in [5, 5.41) is 0.940. The van der Waals surface area contributed by atoms with E-state index in [1.807, 2.05) is 32.2 Å². The Hall–Kier alpha value is -2.28. The van der Waals surface area contributed by atoms with Crippen molar-refractivity contribution in [3.63, 3.8) is 0 Å². The van der Waals surface area contributed by atoms with Crippen molar-refractivity contribution >= 4 is 44.4 Å². The Morgan fingerprint density at radius 3 is 2.77 bits per heavy atom. The zero-order valence-electron chi connectivity index (χ0n) is 14.8. The number of amides is 2. The molecule has 0 spiro atoms. The molecule has 2 heterocycles. The van der Waals surface area contributed by atoms with Gasteiger partial charge in [-0.05, 0) is 30.0 Å². The van der Waals surface area contributed by atoms with E-state index in [1.54, 1.807) is 11.0 Å². The third-order valence-electron chi connectivity index (χ3n) is 4.37. The van der Waals surface area contributed by atoms with E-state index in [0.29, 0.717) is 31.2 Å². The van der Waals surface area contributed by atoms with Crippen molar-refractivity contribution in [2.45, 2.75) is 20.3 Å². The summed E-state index contributed by atoms with van der Waals surface area (Å²) >= 11 is 3.44. The Morgan fingerprint density at radius 1 is 1.38 bits per heavy atom. The summed E-state index contributed by atoms with van der Waals surface area (Å²) in [5.41, 5.74) is 8.84. The molecule has 0 saturated carbocycles. The van der Waals surface area contributed by atoms with E-state index in [-0.39, 0.29) is 6.09 Å². The van der Waals surface area contributed by atoms with Crippen molar-refractivity contribution < 1.29 is 14.3 Å². The van der Waals surface area contributed by atoms with Crippen LogP contribution in [0.15, 0.2) is 28.9 Å². The molecule has 0 radical (unpaired) electrons. The Morgan fingerprint density at radius 2 is 2.15 bits per heavy atom. The van der Waals surface area contributed by atoms with Gasteiger partial charge in [0, 0.05) is 34.7 Å². The average molecular weight is 420 g/mol. The lowest BCUT2D eigenvalue weighted by Gasteiger charge is -2.26. The first kappa shape index (κ1) is 18.5. The molecule has 1 aliphatic heterocycles. The summed E-state index contributed by atoms with van der Waals surface area (Å²) in [6.45, 7) is 5.56. The molecule has 6 nitrogen and oxygen atoms in total. The number of aromatic nitrogens is 1. The van der Waals surface area contributed by atoms with Gasteiger partial charge < -0.3 is 20.4 Å². The number of hydrogen-bond donors (Lipinski definition) is 2. The summed E-state index contributed by atoms with van der Waals surface area (Å²) in [4.78, 5) is 28.6. The molecule has 1 aromatic carbocycles. The predicted octanol–water partition coefficient (Wildman–Crippen LogP) is 3.91. The summed E-state index contributed by atoms with van der Waals surface area (Å²) in [6.07, 6.45) is 4.38. The van der Waals surface area contributed by atoms with E-state index in [9.17, 15) is 9.59 Å². The summed E-state index contributed by atoms with van der Waals surface area (Å²) in [7, 11) is 0. The maximum atomic E-state index is 12.1. The minimum Gasteiger partial charge on any atom is -0.449 e. The molecule has 0 saturated heterocycles. The molecule has 26 heavy (non-hydrogen) atoms. The number of ether oxygens (including phenoxy) is 1. The van der Waals surface area contributed by atoms with Crippen molar-refractivity contribution in [3.8, 4) is 0 Å². The van der Waals surface area contributed by atoms with Crippen LogP contribution in [0, 0.1) is 5.92 Å².